The van der Waals surface area contributed by atoms with Gasteiger partial charge in [-0.15, -0.1) is 0 Å². The van der Waals surface area contributed by atoms with E-state index in [0.717, 1.165) is 25.7 Å². The number of amides is 3. The third-order valence-corrected chi connectivity index (χ3v) is 5.47. The van der Waals surface area contributed by atoms with Crippen LogP contribution in [0.5, 0.6) is 0 Å². The first kappa shape index (κ1) is 27.4. The second kappa shape index (κ2) is 15.2. The average Bonchev–Trinajstić information content (AvgIpc) is 2.78. The van der Waals surface area contributed by atoms with E-state index in [2.05, 4.69) is 54.0 Å². The van der Waals surface area contributed by atoms with Gasteiger partial charge in [-0.3, -0.25) is 19.6 Å². The van der Waals surface area contributed by atoms with Crippen LogP contribution in [0.2, 0.25) is 0 Å². The van der Waals surface area contributed by atoms with E-state index in [4.69, 9.17) is 0 Å². The standard InChI is InChI=1S/C25H39N3O4/c1-18(2)16-22(24(30)27-17-23(29)26-4)21(25(31)28-32)11-9-7-5-6-8-10-20-14-12-19(3)13-15-20/h8,10,12-15,18,21-22,32H,5-7,9,11,16-17H2,1-4H3,(H,26,29)(H,27,30)(H,28,31)/b10-8-/t21?,22-/m1/s1. The molecule has 1 aromatic carbocycles. The van der Waals surface area contributed by atoms with E-state index in [9.17, 15) is 19.6 Å². The fraction of sp³-hybridized carbons (Fsp3) is 0.560. The Bertz CT molecular complexity index is 744. The topological polar surface area (TPSA) is 108 Å². The van der Waals surface area contributed by atoms with Crippen LogP contribution in [0.15, 0.2) is 30.3 Å². The molecule has 1 aromatic rings. The lowest BCUT2D eigenvalue weighted by Gasteiger charge is -2.26. The summed E-state index contributed by atoms with van der Waals surface area (Å²) in [5.41, 5.74) is 4.14. The van der Waals surface area contributed by atoms with E-state index in [-0.39, 0.29) is 24.3 Å². The highest BCUT2D eigenvalue weighted by Gasteiger charge is 2.33. The molecular weight excluding hydrogens is 406 g/mol. The molecule has 2 atom stereocenters. The van der Waals surface area contributed by atoms with Crippen LogP contribution >= 0.6 is 0 Å². The number of nitrogens with one attached hydrogen (secondary N) is 3. The molecule has 0 saturated carbocycles. The Morgan fingerprint density at radius 1 is 1.00 bits per heavy atom. The maximum absolute atomic E-state index is 12.7. The number of allylic oxidation sites excluding steroid dienone is 1. The third-order valence-electron chi connectivity index (χ3n) is 5.47. The minimum atomic E-state index is -0.643. The predicted octanol–water partition coefficient (Wildman–Crippen LogP) is 3.60. The molecule has 0 aliphatic rings. The zero-order valence-electron chi connectivity index (χ0n) is 19.8. The number of benzene rings is 1. The van der Waals surface area contributed by atoms with Crippen molar-refractivity contribution in [1.82, 2.24) is 16.1 Å². The minimum Gasteiger partial charge on any atom is -0.358 e. The van der Waals surface area contributed by atoms with E-state index in [0.29, 0.717) is 12.8 Å². The molecule has 1 unspecified atom stereocenters. The molecule has 7 nitrogen and oxygen atoms in total. The van der Waals surface area contributed by atoms with E-state index in [1.54, 1.807) is 5.48 Å². The molecule has 0 bridgehead atoms. The van der Waals surface area contributed by atoms with Crippen molar-refractivity contribution in [2.24, 2.45) is 17.8 Å². The summed E-state index contributed by atoms with van der Waals surface area (Å²) >= 11 is 0. The molecule has 1 rings (SSSR count). The van der Waals surface area contributed by atoms with Crippen molar-refractivity contribution in [2.45, 2.75) is 59.3 Å². The molecule has 4 N–H and O–H groups in total. The average molecular weight is 446 g/mol. The molecule has 0 radical (unpaired) electrons. The Hall–Kier alpha value is -2.67. The lowest BCUT2D eigenvalue weighted by atomic mass is 9.81. The minimum absolute atomic E-state index is 0.134. The molecule has 0 aliphatic heterocycles. The van der Waals surface area contributed by atoms with Crippen LogP contribution in [0, 0.1) is 24.7 Å². The zero-order chi connectivity index (χ0) is 23.9. The number of carbonyl (C=O) groups is 3. The number of carbonyl (C=O) groups excluding carboxylic acids is 3. The van der Waals surface area contributed by atoms with Gasteiger partial charge in [0.15, 0.2) is 0 Å². The van der Waals surface area contributed by atoms with Crippen LogP contribution in [0.4, 0.5) is 0 Å². The second-order valence-corrected chi connectivity index (χ2v) is 8.66. The molecule has 0 heterocycles. The van der Waals surface area contributed by atoms with Gasteiger partial charge in [0, 0.05) is 13.0 Å². The molecule has 178 valence electrons. The number of rotatable bonds is 14. The maximum atomic E-state index is 12.7. The zero-order valence-corrected chi connectivity index (χ0v) is 19.8. The van der Waals surface area contributed by atoms with Crippen LogP contribution in [-0.2, 0) is 14.4 Å². The van der Waals surface area contributed by atoms with E-state index in [1.165, 1.54) is 18.2 Å². The van der Waals surface area contributed by atoms with E-state index in [1.807, 2.05) is 13.8 Å². The smallest absolute Gasteiger partial charge is 0.247 e. The second-order valence-electron chi connectivity index (χ2n) is 8.66. The first-order valence-electron chi connectivity index (χ1n) is 11.4. The number of hydrogen-bond donors (Lipinski definition) is 4. The Kier molecular flexibility index (Phi) is 13.0. The van der Waals surface area contributed by atoms with Gasteiger partial charge in [-0.1, -0.05) is 68.7 Å². The summed E-state index contributed by atoms with van der Waals surface area (Å²) in [7, 11) is 1.50. The van der Waals surface area contributed by atoms with Gasteiger partial charge in [-0.2, -0.15) is 0 Å². The first-order chi connectivity index (χ1) is 15.3. The van der Waals surface area contributed by atoms with Crippen LogP contribution in [-0.4, -0.2) is 36.5 Å². The number of hydroxylamine groups is 1. The van der Waals surface area contributed by atoms with E-state index >= 15 is 0 Å². The summed E-state index contributed by atoms with van der Waals surface area (Å²) in [5, 5.41) is 14.3. The first-order valence-corrected chi connectivity index (χ1v) is 11.4. The van der Waals surface area contributed by atoms with Crippen molar-refractivity contribution in [3.05, 3.63) is 41.5 Å². The van der Waals surface area contributed by atoms with Gasteiger partial charge < -0.3 is 10.6 Å². The van der Waals surface area contributed by atoms with Gasteiger partial charge >= 0.3 is 0 Å². The van der Waals surface area contributed by atoms with Crippen molar-refractivity contribution >= 4 is 23.8 Å². The van der Waals surface area contributed by atoms with Crippen LogP contribution in [0.1, 0.15) is 63.5 Å². The number of aryl methyl sites for hydroxylation is 1. The Morgan fingerprint density at radius 3 is 2.28 bits per heavy atom. The Morgan fingerprint density at radius 2 is 1.69 bits per heavy atom. The summed E-state index contributed by atoms with van der Waals surface area (Å²) in [6.45, 7) is 5.89. The monoisotopic (exact) mass is 445 g/mol. The normalized spacial score (nSPS) is 13.1. The largest absolute Gasteiger partial charge is 0.358 e. The van der Waals surface area contributed by atoms with Gasteiger partial charge in [0.25, 0.3) is 0 Å². The van der Waals surface area contributed by atoms with Crippen molar-refractivity contribution in [3.63, 3.8) is 0 Å². The van der Waals surface area contributed by atoms with Gasteiger partial charge in [0.2, 0.25) is 17.7 Å². The van der Waals surface area contributed by atoms with E-state index < -0.39 is 17.7 Å². The summed E-state index contributed by atoms with van der Waals surface area (Å²) in [5.74, 6) is -2.25. The fourth-order valence-corrected chi connectivity index (χ4v) is 3.65. The van der Waals surface area contributed by atoms with Crippen molar-refractivity contribution in [1.29, 1.82) is 0 Å². The van der Waals surface area contributed by atoms with Gasteiger partial charge in [-0.05, 0) is 44.1 Å². The van der Waals surface area contributed by atoms with Crippen LogP contribution in [0.25, 0.3) is 6.08 Å². The highest BCUT2D eigenvalue weighted by Crippen LogP contribution is 2.26. The number of unbranched alkanes of at least 4 members (excludes halogenated alkanes) is 3. The fourth-order valence-electron chi connectivity index (χ4n) is 3.65. The summed E-state index contributed by atoms with van der Waals surface area (Å²) < 4.78 is 0. The highest BCUT2D eigenvalue weighted by molar-refractivity contribution is 5.89. The number of likely N-dealkylation sites (N-methyl/N-ethyl adjacent to an activating group) is 1. The molecular formula is C25H39N3O4. The Labute approximate surface area is 192 Å². The molecule has 7 heteroatoms. The Balaban J connectivity index is 2.59. The molecule has 0 fully saturated rings. The maximum Gasteiger partial charge on any atom is 0.247 e. The van der Waals surface area contributed by atoms with Crippen molar-refractivity contribution in [3.8, 4) is 0 Å². The summed E-state index contributed by atoms with van der Waals surface area (Å²) in [6.07, 6.45) is 8.86. The van der Waals surface area contributed by atoms with Crippen molar-refractivity contribution in [2.75, 3.05) is 13.6 Å². The lowest BCUT2D eigenvalue weighted by molar-refractivity contribution is -0.141. The number of hydrogen-bond acceptors (Lipinski definition) is 4. The molecule has 0 spiro atoms. The van der Waals surface area contributed by atoms with Gasteiger partial charge in [-0.25, -0.2) is 5.48 Å². The SMILES string of the molecule is CNC(=O)CNC(=O)[C@H](CC(C)C)C(CCCCC/C=C\c1ccc(C)cc1)C(=O)NO. The summed E-state index contributed by atoms with van der Waals surface area (Å²) in [6, 6.07) is 8.36. The third kappa shape index (κ3) is 10.6. The molecule has 0 saturated heterocycles. The lowest BCUT2D eigenvalue weighted by Crippen LogP contribution is -2.44. The van der Waals surface area contributed by atoms with Crippen molar-refractivity contribution < 1.29 is 19.6 Å². The molecule has 0 aliphatic carbocycles. The van der Waals surface area contributed by atoms with Gasteiger partial charge in [0.05, 0.1) is 12.5 Å². The predicted molar refractivity (Wildman–Crippen MR) is 127 cm³/mol. The molecule has 0 aromatic heterocycles. The van der Waals surface area contributed by atoms with Gasteiger partial charge in [0.1, 0.15) is 0 Å². The highest BCUT2D eigenvalue weighted by atomic mass is 16.5. The summed E-state index contributed by atoms with van der Waals surface area (Å²) in [4.78, 5) is 36.6. The quantitative estimate of drug-likeness (QED) is 0.199. The van der Waals surface area contributed by atoms with Crippen LogP contribution in [0.3, 0.4) is 0 Å². The molecule has 3 amide bonds. The molecule has 32 heavy (non-hydrogen) atoms. The van der Waals surface area contributed by atoms with Crippen LogP contribution < -0.4 is 16.1 Å².